The molecule has 0 spiro atoms. The standard InChI is InChI=1S/C44H49N3/c1-30(2)34-9-18-39(19-10-34)46(40-20-11-35(12-21-40)31(3)4)43-26-17-38-27-28-45(44(38)29-43)47(41-22-13-36(14-23-41)32(5)6)42-24-15-37(16-25-42)33(7)8/h9-33H,1-8H3. The molecule has 1 heterocycles. The third kappa shape index (κ3) is 6.72. The Balaban J connectivity index is 1.51. The second kappa shape index (κ2) is 13.5. The summed E-state index contributed by atoms with van der Waals surface area (Å²) in [7, 11) is 0. The highest BCUT2D eigenvalue weighted by molar-refractivity contribution is 5.89. The zero-order chi connectivity index (χ0) is 33.2. The third-order valence-corrected chi connectivity index (χ3v) is 9.37. The lowest BCUT2D eigenvalue weighted by Crippen LogP contribution is -2.23. The first-order chi connectivity index (χ1) is 22.6. The molecule has 0 radical (unpaired) electrons. The molecule has 3 heteroatoms. The number of nitrogens with zero attached hydrogens (tertiary/aromatic N) is 3. The largest absolute Gasteiger partial charge is 0.310 e. The van der Waals surface area contributed by atoms with Gasteiger partial charge in [-0.15, -0.1) is 0 Å². The van der Waals surface area contributed by atoms with E-state index in [1.807, 2.05) is 0 Å². The van der Waals surface area contributed by atoms with Crippen LogP contribution in [0.25, 0.3) is 10.9 Å². The summed E-state index contributed by atoms with van der Waals surface area (Å²) in [5.41, 5.74) is 12.2. The van der Waals surface area contributed by atoms with E-state index in [0.717, 1.165) is 34.0 Å². The number of hydrogen-bond acceptors (Lipinski definition) is 2. The maximum Gasteiger partial charge on any atom is 0.0723 e. The van der Waals surface area contributed by atoms with Crippen molar-refractivity contribution in [2.45, 2.75) is 79.1 Å². The van der Waals surface area contributed by atoms with Crippen LogP contribution in [-0.2, 0) is 0 Å². The van der Waals surface area contributed by atoms with Crippen LogP contribution in [0.15, 0.2) is 128 Å². The van der Waals surface area contributed by atoms with Crippen LogP contribution in [0.4, 0.5) is 28.4 Å². The van der Waals surface area contributed by atoms with Crippen molar-refractivity contribution in [2.75, 3.05) is 9.91 Å². The molecule has 5 aromatic carbocycles. The number of benzene rings is 5. The number of anilines is 5. The van der Waals surface area contributed by atoms with Crippen LogP contribution < -0.4 is 9.91 Å². The first kappa shape index (κ1) is 32.2. The molecule has 47 heavy (non-hydrogen) atoms. The third-order valence-electron chi connectivity index (χ3n) is 9.37. The minimum absolute atomic E-state index is 0.480. The zero-order valence-corrected chi connectivity index (χ0v) is 29.3. The number of rotatable bonds is 10. The van der Waals surface area contributed by atoms with Crippen molar-refractivity contribution in [3.63, 3.8) is 0 Å². The van der Waals surface area contributed by atoms with Gasteiger partial charge in [-0.1, -0.05) is 110 Å². The molecule has 6 rings (SSSR count). The van der Waals surface area contributed by atoms with Gasteiger partial charge in [-0.3, -0.25) is 4.68 Å². The van der Waals surface area contributed by atoms with Crippen molar-refractivity contribution < 1.29 is 0 Å². The monoisotopic (exact) mass is 619 g/mol. The Morgan fingerprint density at radius 3 is 1.09 bits per heavy atom. The Morgan fingerprint density at radius 1 is 0.383 bits per heavy atom. The number of hydrogen-bond donors (Lipinski definition) is 0. The molecule has 3 nitrogen and oxygen atoms in total. The topological polar surface area (TPSA) is 11.4 Å². The van der Waals surface area contributed by atoms with Crippen molar-refractivity contribution >= 4 is 39.3 Å². The van der Waals surface area contributed by atoms with Crippen LogP contribution >= 0.6 is 0 Å². The van der Waals surface area contributed by atoms with Crippen LogP contribution in [0.1, 0.15) is 101 Å². The zero-order valence-electron chi connectivity index (χ0n) is 29.3. The Bertz CT molecular complexity index is 1800. The highest BCUT2D eigenvalue weighted by Crippen LogP contribution is 2.39. The molecule has 240 valence electrons. The van der Waals surface area contributed by atoms with Gasteiger partial charge in [0, 0.05) is 28.6 Å². The van der Waals surface area contributed by atoms with E-state index in [9.17, 15) is 0 Å². The molecule has 1 aromatic heterocycles. The summed E-state index contributed by atoms with van der Waals surface area (Å²) >= 11 is 0. The molecule has 0 amide bonds. The maximum absolute atomic E-state index is 2.38. The van der Waals surface area contributed by atoms with Gasteiger partial charge in [0.05, 0.1) is 16.9 Å². The smallest absolute Gasteiger partial charge is 0.0723 e. The quantitative estimate of drug-likeness (QED) is 0.151. The van der Waals surface area contributed by atoms with Crippen LogP contribution in [-0.4, -0.2) is 4.68 Å². The first-order valence-electron chi connectivity index (χ1n) is 17.2. The van der Waals surface area contributed by atoms with Gasteiger partial charge < -0.3 is 4.90 Å². The summed E-state index contributed by atoms with van der Waals surface area (Å²) in [6, 6.07) is 45.2. The van der Waals surface area contributed by atoms with E-state index in [2.05, 4.69) is 197 Å². The van der Waals surface area contributed by atoms with E-state index < -0.39 is 0 Å². The van der Waals surface area contributed by atoms with Crippen LogP contribution in [0.2, 0.25) is 0 Å². The lowest BCUT2D eigenvalue weighted by molar-refractivity contribution is 0.840. The molecule has 0 unspecified atom stereocenters. The Hall–Kier alpha value is -4.76. The average molecular weight is 620 g/mol. The highest BCUT2D eigenvalue weighted by Gasteiger charge is 2.19. The van der Waals surface area contributed by atoms with Crippen LogP contribution in [0, 0.1) is 0 Å². The van der Waals surface area contributed by atoms with Gasteiger partial charge in [-0.05, 0) is 113 Å². The molecule has 0 N–H and O–H groups in total. The van der Waals surface area contributed by atoms with E-state index in [4.69, 9.17) is 0 Å². The summed E-state index contributed by atoms with van der Waals surface area (Å²) < 4.78 is 2.30. The van der Waals surface area contributed by atoms with Crippen LogP contribution in [0.5, 0.6) is 0 Å². The van der Waals surface area contributed by atoms with E-state index in [0.29, 0.717) is 23.7 Å². The lowest BCUT2D eigenvalue weighted by Gasteiger charge is -2.29. The minimum Gasteiger partial charge on any atom is -0.310 e. The number of fused-ring (bicyclic) bond motifs is 1. The summed E-state index contributed by atoms with van der Waals surface area (Å²) in [6.45, 7) is 18.0. The van der Waals surface area contributed by atoms with E-state index >= 15 is 0 Å². The molecule has 0 saturated carbocycles. The van der Waals surface area contributed by atoms with Crippen molar-refractivity contribution in [2.24, 2.45) is 0 Å². The van der Waals surface area contributed by atoms with Gasteiger partial charge in [0.25, 0.3) is 0 Å². The molecule has 0 aliphatic rings. The Morgan fingerprint density at radius 2 is 0.723 bits per heavy atom. The first-order valence-corrected chi connectivity index (χ1v) is 17.2. The normalized spacial score (nSPS) is 11.7. The highest BCUT2D eigenvalue weighted by atomic mass is 15.5. The SMILES string of the molecule is CC(C)c1ccc(N(c2ccc(C(C)C)cc2)c2ccc3ccn(N(c4ccc(C(C)C)cc4)c4ccc(C(C)C)cc4)c3c2)cc1. The summed E-state index contributed by atoms with van der Waals surface area (Å²) in [5.74, 6) is 1.93. The van der Waals surface area contributed by atoms with Gasteiger partial charge in [0.15, 0.2) is 0 Å². The average Bonchev–Trinajstić information content (AvgIpc) is 3.49. The van der Waals surface area contributed by atoms with Crippen molar-refractivity contribution in [1.82, 2.24) is 4.68 Å². The predicted molar refractivity (Wildman–Crippen MR) is 203 cm³/mol. The molecule has 6 aromatic rings. The predicted octanol–water partition coefficient (Wildman–Crippen LogP) is 13.2. The molecular formula is C44H49N3. The van der Waals surface area contributed by atoms with Gasteiger partial charge in [0.2, 0.25) is 0 Å². The van der Waals surface area contributed by atoms with Gasteiger partial charge in [0.1, 0.15) is 0 Å². The molecule has 0 bridgehead atoms. The fraction of sp³-hybridized carbons (Fsp3) is 0.273. The minimum atomic E-state index is 0.480. The Kier molecular flexibility index (Phi) is 9.27. The van der Waals surface area contributed by atoms with Crippen molar-refractivity contribution in [3.05, 3.63) is 150 Å². The van der Waals surface area contributed by atoms with Crippen LogP contribution in [0.3, 0.4) is 0 Å². The fourth-order valence-electron chi connectivity index (χ4n) is 6.28. The second-order valence-electron chi connectivity index (χ2n) is 14.0. The summed E-state index contributed by atoms with van der Waals surface area (Å²) in [4.78, 5) is 2.38. The van der Waals surface area contributed by atoms with E-state index in [1.54, 1.807) is 0 Å². The van der Waals surface area contributed by atoms with E-state index in [-0.39, 0.29) is 0 Å². The van der Waals surface area contributed by atoms with Gasteiger partial charge in [-0.25, -0.2) is 5.01 Å². The van der Waals surface area contributed by atoms with Gasteiger partial charge >= 0.3 is 0 Å². The lowest BCUT2D eigenvalue weighted by atomic mass is 10.0. The molecule has 0 aliphatic heterocycles. The second-order valence-corrected chi connectivity index (χ2v) is 14.0. The molecule has 0 saturated heterocycles. The number of aromatic nitrogens is 1. The molecule has 0 fully saturated rings. The molecule has 0 aliphatic carbocycles. The van der Waals surface area contributed by atoms with E-state index in [1.165, 1.54) is 27.6 Å². The van der Waals surface area contributed by atoms with Crippen molar-refractivity contribution in [1.29, 1.82) is 0 Å². The summed E-state index contributed by atoms with van der Waals surface area (Å²) in [6.07, 6.45) is 2.19. The van der Waals surface area contributed by atoms with Gasteiger partial charge in [-0.2, -0.15) is 0 Å². The Labute approximate surface area is 282 Å². The maximum atomic E-state index is 2.38. The summed E-state index contributed by atoms with van der Waals surface area (Å²) in [5, 5.41) is 3.53. The van der Waals surface area contributed by atoms with Crippen molar-refractivity contribution in [3.8, 4) is 0 Å². The molecular weight excluding hydrogens is 571 g/mol. The fourth-order valence-corrected chi connectivity index (χ4v) is 6.28. The molecule has 0 atom stereocenters.